The van der Waals surface area contributed by atoms with Gasteiger partial charge in [-0.25, -0.2) is 8.42 Å². The first kappa shape index (κ1) is 18.6. The van der Waals surface area contributed by atoms with Crippen LogP contribution >= 0.6 is 0 Å². The molecule has 0 bridgehead atoms. The number of halogens is 3. The largest absolute Gasteiger partial charge is 0.484 e. The molecule has 1 aromatic rings. The summed E-state index contributed by atoms with van der Waals surface area (Å²) in [5.41, 5.74) is 0.710. The smallest absolute Gasteiger partial charge is 0.422 e. The Hall–Kier alpha value is -1.77. The molecule has 1 heterocycles. The van der Waals surface area contributed by atoms with E-state index in [1.807, 2.05) is 0 Å². The van der Waals surface area contributed by atoms with Crippen molar-refractivity contribution in [1.29, 1.82) is 0 Å². The molecule has 1 N–H and O–H groups in total. The van der Waals surface area contributed by atoms with Gasteiger partial charge in [0.05, 0.1) is 11.5 Å². The summed E-state index contributed by atoms with van der Waals surface area (Å²) in [6.45, 7) is -1.13. The van der Waals surface area contributed by atoms with Gasteiger partial charge in [-0.1, -0.05) is 12.1 Å². The highest BCUT2D eigenvalue weighted by Crippen LogP contribution is 2.21. The molecule has 0 saturated carbocycles. The van der Waals surface area contributed by atoms with Gasteiger partial charge in [-0.05, 0) is 30.0 Å². The number of ether oxygens (including phenoxy) is 1. The number of amides is 1. The van der Waals surface area contributed by atoms with E-state index in [0.29, 0.717) is 12.0 Å². The lowest BCUT2D eigenvalue weighted by atomic mass is 10.1. The first-order valence-electron chi connectivity index (χ1n) is 7.38. The number of alkyl halides is 3. The highest BCUT2D eigenvalue weighted by Gasteiger charge is 2.29. The highest BCUT2D eigenvalue weighted by atomic mass is 32.2. The molecule has 9 heteroatoms. The Morgan fingerprint density at radius 3 is 2.46 bits per heavy atom. The van der Waals surface area contributed by atoms with Gasteiger partial charge in [0.2, 0.25) is 5.91 Å². The molecule has 0 aromatic heterocycles. The summed E-state index contributed by atoms with van der Waals surface area (Å²) in [6, 6.07) is 5.92. The zero-order chi connectivity index (χ0) is 17.8. The molecular formula is C15H18F3NO4S. The fourth-order valence-electron chi connectivity index (χ4n) is 2.44. The monoisotopic (exact) mass is 365 g/mol. The van der Waals surface area contributed by atoms with E-state index < -0.39 is 22.6 Å². The van der Waals surface area contributed by atoms with Gasteiger partial charge in [0.25, 0.3) is 0 Å². The van der Waals surface area contributed by atoms with E-state index in [9.17, 15) is 26.4 Å². The lowest BCUT2D eigenvalue weighted by molar-refractivity contribution is -0.153. The van der Waals surface area contributed by atoms with Crippen LogP contribution < -0.4 is 10.1 Å². The molecule has 1 unspecified atom stereocenters. The number of nitrogens with one attached hydrogen (secondary N) is 1. The Morgan fingerprint density at radius 1 is 1.25 bits per heavy atom. The predicted octanol–water partition coefficient (Wildman–Crippen LogP) is 2.07. The van der Waals surface area contributed by atoms with Crippen molar-refractivity contribution in [2.24, 2.45) is 5.92 Å². The van der Waals surface area contributed by atoms with Crippen LogP contribution in [0.15, 0.2) is 24.3 Å². The normalized spacial score (nSPS) is 19.9. The van der Waals surface area contributed by atoms with Gasteiger partial charge in [0, 0.05) is 13.0 Å². The van der Waals surface area contributed by atoms with Crippen LogP contribution in [-0.4, -0.2) is 38.6 Å². The Bertz CT molecular complexity index is 671. The second-order valence-electron chi connectivity index (χ2n) is 5.80. The topological polar surface area (TPSA) is 72.5 Å². The Labute approximate surface area is 138 Å². The quantitative estimate of drug-likeness (QED) is 0.838. The van der Waals surface area contributed by atoms with E-state index in [-0.39, 0.29) is 42.0 Å². The van der Waals surface area contributed by atoms with Crippen LogP contribution in [0.25, 0.3) is 0 Å². The minimum absolute atomic E-state index is 0.0473. The van der Waals surface area contributed by atoms with Crippen LogP contribution in [-0.2, 0) is 21.2 Å². The number of sulfone groups is 1. The van der Waals surface area contributed by atoms with Crippen molar-refractivity contribution in [3.8, 4) is 5.75 Å². The average Bonchev–Trinajstić information content (AvgIpc) is 2.82. The molecule has 1 fully saturated rings. The zero-order valence-corrected chi connectivity index (χ0v) is 13.6. The van der Waals surface area contributed by atoms with Gasteiger partial charge in [-0.2, -0.15) is 13.2 Å². The molecule has 0 spiro atoms. The highest BCUT2D eigenvalue weighted by molar-refractivity contribution is 7.91. The average molecular weight is 365 g/mol. The number of carbonyl (C=O) groups excluding carboxylic acids is 1. The third-order valence-electron chi connectivity index (χ3n) is 3.62. The second kappa shape index (κ2) is 7.42. The van der Waals surface area contributed by atoms with Gasteiger partial charge in [0.1, 0.15) is 5.75 Å². The third-order valence-corrected chi connectivity index (χ3v) is 5.45. The van der Waals surface area contributed by atoms with E-state index in [1.165, 1.54) is 12.1 Å². The van der Waals surface area contributed by atoms with Crippen molar-refractivity contribution in [2.45, 2.75) is 25.6 Å². The van der Waals surface area contributed by atoms with E-state index in [4.69, 9.17) is 0 Å². The van der Waals surface area contributed by atoms with Crippen LogP contribution in [0.5, 0.6) is 5.75 Å². The molecule has 0 aliphatic carbocycles. The van der Waals surface area contributed by atoms with Crippen molar-refractivity contribution < 1.29 is 31.1 Å². The molecule has 1 aliphatic heterocycles. The fourth-order valence-corrected chi connectivity index (χ4v) is 4.30. The Balaban J connectivity index is 1.75. The maximum atomic E-state index is 12.0. The molecule has 134 valence electrons. The summed E-state index contributed by atoms with van der Waals surface area (Å²) in [5, 5.41) is 2.67. The minimum atomic E-state index is -4.39. The SMILES string of the molecule is O=C(CC1CCS(=O)(=O)C1)NCc1ccc(OCC(F)(F)F)cc1. The van der Waals surface area contributed by atoms with Crippen LogP contribution in [0, 0.1) is 5.92 Å². The molecule has 1 saturated heterocycles. The van der Waals surface area contributed by atoms with E-state index >= 15 is 0 Å². The van der Waals surface area contributed by atoms with Crippen molar-refractivity contribution in [1.82, 2.24) is 5.32 Å². The zero-order valence-electron chi connectivity index (χ0n) is 12.8. The Kier molecular flexibility index (Phi) is 5.74. The van der Waals surface area contributed by atoms with Crippen LogP contribution in [0.3, 0.4) is 0 Å². The van der Waals surface area contributed by atoms with Gasteiger partial charge in [-0.3, -0.25) is 4.79 Å². The third kappa shape index (κ3) is 6.38. The first-order chi connectivity index (χ1) is 11.1. The Morgan fingerprint density at radius 2 is 1.92 bits per heavy atom. The van der Waals surface area contributed by atoms with E-state index in [1.54, 1.807) is 12.1 Å². The number of benzene rings is 1. The van der Waals surface area contributed by atoms with Gasteiger partial charge >= 0.3 is 6.18 Å². The molecule has 1 atom stereocenters. The second-order valence-corrected chi connectivity index (χ2v) is 8.03. The fraction of sp³-hybridized carbons (Fsp3) is 0.533. The molecular weight excluding hydrogens is 347 g/mol. The summed E-state index contributed by atoms with van der Waals surface area (Å²) in [7, 11) is -3.00. The van der Waals surface area contributed by atoms with Crippen molar-refractivity contribution in [3.63, 3.8) is 0 Å². The van der Waals surface area contributed by atoms with Crippen LogP contribution in [0.2, 0.25) is 0 Å². The molecule has 1 amide bonds. The maximum absolute atomic E-state index is 12.0. The van der Waals surface area contributed by atoms with Gasteiger partial charge in [0.15, 0.2) is 16.4 Å². The maximum Gasteiger partial charge on any atom is 0.422 e. The summed E-state index contributed by atoms with van der Waals surface area (Å²) in [4.78, 5) is 11.8. The summed E-state index contributed by atoms with van der Waals surface area (Å²) in [6.07, 6.45) is -3.73. The molecule has 0 radical (unpaired) electrons. The standard InChI is InChI=1S/C15H18F3NO4S/c16-15(17,18)10-23-13-3-1-11(2-4-13)8-19-14(20)7-12-5-6-24(21,22)9-12/h1-4,12H,5-10H2,(H,19,20). The summed E-state index contributed by atoms with van der Waals surface area (Å²) >= 11 is 0. The minimum Gasteiger partial charge on any atom is -0.484 e. The number of carbonyl (C=O) groups is 1. The number of rotatable bonds is 6. The van der Waals surface area contributed by atoms with Crippen molar-refractivity contribution in [2.75, 3.05) is 18.1 Å². The molecule has 5 nitrogen and oxygen atoms in total. The molecule has 2 rings (SSSR count). The van der Waals surface area contributed by atoms with Gasteiger partial charge < -0.3 is 10.1 Å². The predicted molar refractivity (Wildman–Crippen MR) is 81.2 cm³/mol. The lowest BCUT2D eigenvalue weighted by Gasteiger charge is -2.11. The van der Waals surface area contributed by atoms with Gasteiger partial charge in [-0.15, -0.1) is 0 Å². The van der Waals surface area contributed by atoms with Crippen molar-refractivity contribution in [3.05, 3.63) is 29.8 Å². The molecule has 1 aliphatic rings. The van der Waals surface area contributed by atoms with E-state index in [2.05, 4.69) is 10.1 Å². The summed E-state index contributed by atoms with van der Waals surface area (Å²) in [5.74, 6) is -0.114. The number of hydrogen-bond acceptors (Lipinski definition) is 4. The van der Waals surface area contributed by atoms with Crippen LogP contribution in [0.1, 0.15) is 18.4 Å². The van der Waals surface area contributed by atoms with E-state index in [0.717, 1.165) is 0 Å². The first-order valence-corrected chi connectivity index (χ1v) is 9.21. The molecule has 1 aromatic carbocycles. The lowest BCUT2D eigenvalue weighted by Crippen LogP contribution is -2.25. The van der Waals surface area contributed by atoms with Crippen LogP contribution in [0.4, 0.5) is 13.2 Å². The number of hydrogen-bond donors (Lipinski definition) is 1. The molecule has 24 heavy (non-hydrogen) atoms. The summed E-state index contributed by atoms with van der Waals surface area (Å²) < 4.78 is 63.4. The van der Waals surface area contributed by atoms with Crippen molar-refractivity contribution >= 4 is 15.7 Å².